The number of ether oxygens (including phenoxy) is 1. The number of aryl methyl sites for hydroxylation is 1. The predicted octanol–water partition coefficient (Wildman–Crippen LogP) is 3.95. The van der Waals surface area contributed by atoms with Gasteiger partial charge in [-0.05, 0) is 41.0 Å². The van der Waals surface area contributed by atoms with Crippen LogP contribution in [0.5, 0.6) is 5.75 Å². The number of benzene rings is 2. The summed E-state index contributed by atoms with van der Waals surface area (Å²) in [5, 5.41) is 11.9. The lowest BCUT2D eigenvalue weighted by molar-refractivity contribution is 0.278. The van der Waals surface area contributed by atoms with Crippen LogP contribution >= 0.6 is 0 Å². The molecule has 2 heteroatoms. The Hall–Kier alpha value is -1.54. The first-order valence-corrected chi connectivity index (χ1v) is 6.60. The molecule has 2 rings (SSSR count). The van der Waals surface area contributed by atoms with E-state index in [9.17, 15) is 5.11 Å². The van der Waals surface area contributed by atoms with E-state index in [1.165, 1.54) is 16.5 Å². The molecule has 0 bridgehead atoms. The fourth-order valence-corrected chi connectivity index (χ4v) is 2.74. The highest BCUT2D eigenvalue weighted by Gasteiger charge is 2.22. The molecule has 0 saturated carbocycles. The molecule has 2 aromatic rings. The van der Waals surface area contributed by atoms with Gasteiger partial charge in [-0.1, -0.05) is 38.5 Å². The maximum Gasteiger partial charge on any atom is 0.127 e. The van der Waals surface area contributed by atoms with Gasteiger partial charge >= 0.3 is 0 Å². The van der Waals surface area contributed by atoms with E-state index in [2.05, 4.69) is 45.9 Å². The van der Waals surface area contributed by atoms with E-state index in [0.717, 1.165) is 16.7 Å². The average molecular weight is 258 g/mol. The normalized spacial score (nSPS) is 11.9. The summed E-state index contributed by atoms with van der Waals surface area (Å²) >= 11 is 0. The van der Waals surface area contributed by atoms with Crippen LogP contribution < -0.4 is 4.74 Å². The second-order valence-corrected chi connectivity index (χ2v) is 6.07. The zero-order valence-electron chi connectivity index (χ0n) is 12.4. The monoisotopic (exact) mass is 258 g/mol. The minimum Gasteiger partial charge on any atom is -0.496 e. The van der Waals surface area contributed by atoms with E-state index in [4.69, 9.17) is 4.74 Å². The first-order valence-electron chi connectivity index (χ1n) is 6.60. The Morgan fingerprint density at radius 2 is 1.79 bits per heavy atom. The molecule has 0 heterocycles. The lowest BCUT2D eigenvalue weighted by Crippen LogP contribution is -2.15. The molecule has 2 aromatic carbocycles. The van der Waals surface area contributed by atoms with E-state index in [1.807, 2.05) is 6.07 Å². The van der Waals surface area contributed by atoms with Crippen LogP contribution in [0, 0.1) is 6.92 Å². The first kappa shape index (κ1) is 13.9. The van der Waals surface area contributed by atoms with Crippen molar-refractivity contribution in [2.24, 2.45) is 0 Å². The Bertz CT molecular complexity index is 607. The number of rotatable bonds is 2. The fraction of sp³-hybridized carbons (Fsp3) is 0.412. The third kappa shape index (κ3) is 2.45. The minimum absolute atomic E-state index is 0.0160. The van der Waals surface area contributed by atoms with Crippen LogP contribution in [0.3, 0.4) is 0 Å². The molecule has 102 valence electrons. The topological polar surface area (TPSA) is 29.5 Å². The zero-order valence-corrected chi connectivity index (χ0v) is 12.4. The molecule has 0 amide bonds. The van der Waals surface area contributed by atoms with Gasteiger partial charge in [-0.3, -0.25) is 0 Å². The molecule has 0 fully saturated rings. The van der Waals surface area contributed by atoms with Crippen LogP contribution in [-0.4, -0.2) is 12.2 Å². The number of fused-ring (bicyclic) bond motifs is 1. The third-order valence-corrected chi connectivity index (χ3v) is 3.48. The molecule has 19 heavy (non-hydrogen) atoms. The Balaban J connectivity index is 2.93. The van der Waals surface area contributed by atoms with E-state index >= 15 is 0 Å². The molecule has 0 atom stereocenters. The van der Waals surface area contributed by atoms with Gasteiger partial charge in [0.25, 0.3) is 0 Å². The summed E-state index contributed by atoms with van der Waals surface area (Å²) in [6.07, 6.45) is 0. The number of aliphatic hydroxyl groups is 1. The van der Waals surface area contributed by atoms with Crippen molar-refractivity contribution in [2.75, 3.05) is 7.11 Å². The van der Waals surface area contributed by atoms with E-state index in [1.54, 1.807) is 7.11 Å². The lowest BCUT2D eigenvalue weighted by Gasteiger charge is -2.26. The molecule has 0 saturated heterocycles. The summed E-state index contributed by atoms with van der Waals surface area (Å²) in [5.74, 6) is 0.829. The molecular weight excluding hydrogens is 236 g/mol. The maximum absolute atomic E-state index is 9.66. The quantitative estimate of drug-likeness (QED) is 0.884. The minimum atomic E-state index is -0.0160. The van der Waals surface area contributed by atoms with Gasteiger partial charge in [-0.15, -0.1) is 0 Å². The number of hydrogen-bond acceptors (Lipinski definition) is 2. The van der Waals surface area contributed by atoms with E-state index in [0.29, 0.717) is 0 Å². The maximum atomic E-state index is 9.66. The number of methoxy groups -OCH3 is 1. The molecule has 0 aliphatic rings. The van der Waals surface area contributed by atoms with Gasteiger partial charge < -0.3 is 9.84 Å². The molecule has 0 aromatic heterocycles. The van der Waals surface area contributed by atoms with Gasteiger partial charge in [0.1, 0.15) is 5.75 Å². The fourth-order valence-electron chi connectivity index (χ4n) is 2.74. The molecule has 0 aliphatic heterocycles. The average Bonchev–Trinajstić information content (AvgIpc) is 2.35. The molecule has 1 N–H and O–H groups in total. The molecule has 2 nitrogen and oxygen atoms in total. The highest BCUT2D eigenvalue weighted by molar-refractivity contribution is 5.93. The summed E-state index contributed by atoms with van der Waals surface area (Å²) in [5.41, 5.74) is 3.34. The van der Waals surface area contributed by atoms with Gasteiger partial charge in [0.2, 0.25) is 0 Å². The van der Waals surface area contributed by atoms with Crippen molar-refractivity contribution < 1.29 is 9.84 Å². The third-order valence-electron chi connectivity index (χ3n) is 3.48. The summed E-state index contributed by atoms with van der Waals surface area (Å²) in [6.45, 7) is 8.64. The summed E-state index contributed by atoms with van der Waals surface area (Å²) in [6, 6.07) is 8.35. The largest absolute Gasteiger partial charge is 0.496 e. The van der Waals surface area contributed by atoms with Crippen LogP contribution in [0.25, 0.3) is 10.8 Å². The standard InChI is InChI=1S/C17H22O2/c1-11-6-7-13-14(8-11)15(19-5)9-12(10-18)16(13)17(2,3)4/h6-9,18H,10H2,1-5H3. The van der Waals surface area contributed by atoms with Gasteiger partial charge in [0.15, 0.2) is 0 Å². The molecule has 0 aliphatic carbocycles. The Labute approximate surface area is 115 Å². The van der Waals surface area contributed by atoms with Crippen molar-refractivity contribution >= 4 is 10.8 Å². The summed E-state index contributed by atoms with van der Waals surface area (Å²) in [7, 11) is 1.68. The molecule has 0 spiro atoms. The van der Waals surface area contributed by atoms with Gasteiger partial charge in [0, 0.05) is 5.39 Å². The van der Waals surface area contributed by atoms with Crippen molar-refractivity contribution in [3.8, 4) is 5.75 Å². The van der Waals surface area contributed by atoms with Crippen molar-refractivity contribution in [1.82, 2.24) is 0 Å². The van der Waals surface area contributed by atoms with Crippen molar-refractivity contribution in [3.63, 3.8) is 0 Å². The van der Waals surface area contributed by atoms with Crippen LogP contribution in [0.1, 0.15) is 37.5 Å². The summed E-state index contributed by atoms with van der Waals surface area (Å²) < 4.78 is 5.48. The molecule has 0 unspecified atom stereocenters. The highest BCUT2D eigenvalue weighted by atomic mass is 16.5. The van der Waals surface area contributed by atoms with Crippen molar-refractivity contribution in [3.05, 3.63) is 41.0 Å². The van der Waals surface area contributed by atoms with Crippen LogP contribution in [-0.2, 0) is 12.0 Å². The summed E-state index contributed by atoms with van der Waals surface area (Å²) in [4.78, 5) is 0. The number of aliphatic hydroxyl groups excluding tert-OH is 1. The number of hydrogen-bond donors (Lipinski definition) is 1. The molecule has 0 radical (unpaired) electrons. The van der Waals surface area contributed by atoms with Crippen LogP contribution in [0.15, 0.2) is 24.3 Å². The smallest absolute Gasteiger partial charge is 0.127 e. The lowest BCUT2D eigenvalue weighted by atomic mass is 9.80. The van der Waals surface area contributed by atoms with Crippen LogP contribution in [0.2, 0.25) is 0 Å². The Kier molecular flexibility index (Phi) is 3.55. The van der Waals surface area contributed by atoms with Crippen LogP contribution in [0.4, 0.5) is 0 Å². The SMILES string of the molecule is COc1cc(CO)c(C(C)(C)C)c2ccc(C)cc12. The first-order chi connectivity index (χ1) is 8.88. The molecular formula is C17H22O2. The Morgan fingerprint density at radius 3 is 2.32 bits per heavy atom. The van der Waals surface area contributed by atoms with Gasteiger partial charge in [-0.25, -0.2) is 0 Å². The predicted molar refractivity (Wildman–Crippen MR) is 79.9 cm³/mol. The Morgan fingerprint density at radius 1 is 1.11 bits per heavy atom. The van der Waals surface area contributed by atoms with Crippen molar-refractivity contribution in [1.29, 1.82) is 0 Å². The van der Waals surface area contributed by atoms with Gasteiger partial charge in [0.05, 0.1) is 13.7 Å². The van der Waals surface area contributed by atoms with Crippen molar-refractivity contribution in [2.45, 2.75) is 39.7 Å². The van der Waals surface area contributed by atoms with Gasteiger partial charge in [-0.2, -0.15) is 0 Å². The second kappa shape index (κ2) is 4.86. The van der Waals surface area contributed by atoms with E-state index in [-0.39, 0.29) is 12.0 Å². The van der Waals surface area contributed by atoms with E-state index < -0.39 is 0 Å². The second-order valence-electron chi connectivity index (χ2n) is 6.07. The zero-order chi connectivity index (χ0) is 14.2. The highest BCUT2D eigenvalue weighted by Crippen LogP contribution is 2.38.